The molecule has 8 heteroatoms. The Morgan fingerprint density at radius 1 is 1.55 bits per heavy atom. The molecule has 0 bridgehead atoms. The van der Waals surface area contributed by atoms with Crippen LogP contribution in [0.5, 0.6) is 0 Å². The molecule has 2 atom stereocenters. The second kappa shape index (κ2) is 6.12. The Bertz CT molecular complexity index is 550. The molecule has 0 aromatic carbocycles. The van der Waals surface area contributed by atoms with Crippen molar-refractivity contribution in [3.8, 4) is 0 Å². The molecule has 1 fully saturated rings. The number of pyridine rings is 1. The van der Waals surface area contributed by atoms with E-state index in [2.05, 4.69) is 10.3 Å². The van der Waals surface area contributed by atoms with Crippen molar-refractivity contribution >= 4 is 11.6 Å². The van der Waals surface area contributed by atoms with Gasteiger partial charge in [0, 0.05) is 18.4 Å². The first-order chi connectivity index (χ1) is 10.2. The summed E-state index contributed by atoms with van der Waals surface area (Å²) >= 11 is 0. The molecule has 0 spiro atoms. The van der Waals surface area contributed by atoms with Crippen molar-refractivity contribution in [2.75, 3.05) is 11.9 Å². The van der Waals surface area contributed by atoms with E-state index in [1.807, 2.05) is 0 Å². The van der Waals surface area contributed by atoms with Crippen molar-refractivity contribution in [2.24, 2.45) is 11.7 Å². The lowest BCUT2D eigenvalue weighted by Gasteiger charge is -2.37. The number of carbonyl (C=O) groups excluding carboxylic acids is 1. The van der Waals surface area contributed by atoms with Crippen LogP contribution in [-0.2, 0) is 0 Å². The molecule has 2 unspecified atom stereocenters. The van der Waals surface area contributed by atoms with E-state index in [1.54, 1.807) is 6.07 Å². The normalized spacial score (nSPS) is 25.7. The molecular weight excluding hydrogens is 299 g/mol. The number of nitrogens with one attached hydrogen (secondary N) is 1. The van der Waals surface area contributed by atoms with Crippen LogP contribution in [-0.4, -0.2) is 34.3 Å². The average molecular weight is 317 g/mol. The number of carbonyl (C=O) groups is 1. The summed E-state index contributed by atoms with van der Waals surface area (Å²) in [6, 6.07) is 2.95. The van der Waals surface area contributed by atoms with Crippen LogP contribution in [0.15, 0.2) is 18.3 Å². The van der Waals surface area contributed by atoms with Gasteiger partial charge >= 0.3 is 6.18 Å². The van der Waals surface area contributed by atoms with E-state index in [-0.39, 0.29) is 25.1 Å². The zero-order valence-electron chi connectivity index (χ0n) is 11.9. The topological polar surface area (TPSA) is 88.2 Å². The van der Waals surface area contributed by atoms with Gasteiger partial charge < -0.3 is 16.2 Å². The molecule has 1 heterocycles. The number of halogens is 3. The first-order valence-electron chi connectivity index (χ1n) is 6.98. The second-order valence-corrected chi connectivity index (χ2v) is 5.71. The summed E-state index contributed by atoms with van der Waals surface area (Å²) in [7, 11) is 0. The lowest BCUT2D eigenvalue weighted by atomic mass is 9.77. The molecule has 0 saturated heterocycles. The smallest absolute Gasteiger partial charge is 0.388 e. The maximum absolute atomic E-state index is 12.8. The van der Waals surface area contributed by atoms with Crippen molar-refractivity contribution < 1.29 is 23.1 Å². The van der Waals surface area contributed by atoms with E-state index in [0.717, 1.165) is 0 Å². The zero-order chi connectivity index (χ0) is 16.4. The maximum atomic E-state index is 12.8. The van der Waals surface area contributed by atoms with Gasteiger partial charge in [0.05, 0.1) is 11.5 Å². The van der Waals surface area contributed by atoms with Crippen molar-refractivity contribution in [3.63, 3.8) is 0 Å². The van der Waals surface area contributed by atoms with Gasteiger partial charge in [0.15, 0.2) is 0 Å². The molecule has 1 aliphatic rings. The first kappa shape index (κ1) is 16.5. The van der Waals surface area contributed by atoms with Crippen LogP contribution in [0.4, 0.5) is 18.9 Å². The number of primary amides is 1. The molecule has 5 nitrogen and oxygen atoms in total. The molecule has 0 radical (unpaired) electrons. The number of aromatic nitrogens is 1. The highest BCUT2D eigenvalue weighted by Gasteiger charge is 2.46. The average Bonchev–Trinajstić information content (AvgIpc) is 2.45. The van der Waals surface area contributed by atoms with Gasteiger partial charge in [0.2, 0.25) is 0 Å². The van der Waals surface area contributed by atoms with Gasteiger partial charge in [-0.3, -0.25) is 9.78 Å². The Balaban J connectivity index is 2.01. The Labute approximate surface area is 125 Å². The van der Waals surface area contributed by atoms with Gasteiger partial charge in [0.25, 0.3) is 5.91 Å². The predicted octanol–water partition coefficient (Wildman–Crippen LogP) is 2.08. The number of amides is 1. The number of hydrogen-bond donors (Lipinski definition) is 3. The molecule has 1 saturated carbocycles. The maximum Gasteiger partial charge on any atom is 0.391 e. The van der Waals surface area contributed by atoms with Crippen LogP contribution >= 0.6 is 0 Å². The number of rotatable bonds is 4. The van der Waals surface area contributed by atoms with E-state index >= 15 is 0 Å². The molecule has 4 N–H and O–H groups in total. The van der Waals surface area contributed by atoms with E-state index in [1.165, 1.54) is 12.3 Å². The van der Waals surface area contributed by atoms with Crippen LogP contribution in [0.3, 0.4) is 0 Å². The molecule has 1 amide bonds. The van der Waals surface area contributed by atoms with Gasteiger partial charge in [-0.2, -0.15) is 13.2 Å². The fourth-order valence-electron chi connectivity index (χ4n) is 2.72. The number of alkyl halides is 3. The number of nitrogens with two attached hydrogens (primary N) is 1. The number of hydrogen-bond acceptors (Lipinski definition) is 4. The lowest BCUT2D eigenvalue weighted by molar-refractivity contribution is -0.199. The molecule has 122 valence electrons. The van der Waals surface area contributed by atoms with Crippen molar-refractivity contribution in [1.29, 1.82) is 0 Å². The highest BCUT2D eigenvalue weighted by atomic mass is 19.4. The molecule has 1 aliphatic carbocycles. The number of anilines is 1. The number of aliphatic hydroxyl groups is 1. The van der Waals surface area contributed by atoms with E-state index in [4.69, 9.17) is 5.73 Å². The summed E-state index contributed by atoms with van der Waals surface area (Å²) in [4.78, 5) is 14.8. The Kier molecular flexibility index (Phi) is 4.60. The lowest BCUT2D eigenvalue weighted by Crippen LogP contribution is -2.45. The minimum atomic E-state index is -4.29. The van der Waals surface area contributed by atoms with Gasteiger partial charge in [-0.05, 0) is 37.8 Å². The van der Waals surface area contributed by atoms with Crippen LogP contribution in [0, 0.1) is 5.92 Å². The molecule has 1 aromatic heterocycles. The monoisotopic (exact) mass is 317 g/mol. The summed E-state index contributed by atoms with van der Waals surface area (Å²) in [5.74, 6) is -2.18. The molecule has 2 rings (SSSR count). The molecule has 0 aliphatic heterocycles. The third kappa shape index (κ3) is 4.09. The fourth-order valence-corrected chi connectivity index (χ4v) is 2.72. The Morgan fingerprint density at radius 3 is 2.91 bits per heavy atom. The quantitative estimate of drug-likeness (QED) is 0.793. The molecule has 1 aromatic rings. The summed E-state index contributed by atoms with van der Waals surface area (Å²) in [6.07, 6.45) is -2.56. The summed E-state index contributed by atoms with van der Waals surface area (Å²) in [5, 5.41) is 13.2. The summed E-state index contributed by atoms with van der Waals surface area (Å²) < 4.78 is 38.4. The minimum absolute atomic E-state index is 0.0260. The third-order valence-corrected chi connectivity index (χ3v) is 3.92. The minimum Gasteiger partial charge on any atom is -0.388 e. The SMILES string of the molecule is NC(=O)c1cc(NCC2(O)CCCC(C(F)(F)F)C2)ccn1. The third-order valence-electron chi connectivity index (χ3n) is 3.92. The largest absolute Gasteiger partial charge is 0.391 e. The summed E-state index contributed by atoms with van der Waals surface area (Å²) in [5.41, 5.74) is 4.22. The van der Waals surface area contributed by atoms with Crippen LogP contribution in [0.2, 0.25) is 0 Å². The Morgan fingerprint density at radius 2 is 2.27 bits per heavy atom. The van der Waals surface area contributed by atoms with Crippen LogP contribution < -0.4 is 11.1 Å². The second-order valence-electron chi connectivity index (χ2n) is 5.71. The van der Waals surface area contributed by atoms with E-state index < -0.39 is 23.6 Å². The first-order valence-corrected chi connectivity index (χ1v) is 6.98. The molecular formula is C14H18F3N3O2. The van der Waals surface area contributed by atoms with Gasteiger partial charge in [0.1, 0.15) is 5.69 Å². The highest BCUT2D eigenvalue weighted by Crippen LogP contribution is 2.41. The molecule has 22 heavy (non-hydrogen) atoms. The van der Waals surface area contributed by atoms with E-state index in [0.29, 0.717) is 18.5 Å². The van der Waals surface area contributed by atoms with Crippen molar-refractivity contribution in [1.82, 2.24) is 4.98 Å². The summed E-state index contributed by atoms with van der Waals surface area (Å²) in [6.45, 7) is -0.0260. The number of nitrogens with zero attached hydrogens (tertiary/aromatic N) is 1. The van der Waals surface area contributed by atoms with Crippen LogP contribution in [0.1, 0.15) is 36.2 Å². The van der Waals surface area contributed by atoms with Crippen molar-refractivity contribution in [2.45, 2.75) is 37.5 Å². The van der Waals surface area contributed by atoms with Gasteiger partial charge in [-0.25, -0.2) is 0 Å². The highest BCUT2D eigenvalue weighted by molar-refractivity contribution is 5.91. The van der Waals surface area contributed by atoms with Crippen LogP contribution in [0.25, 0.3) is 0 Å². The van der Waals surface area contributed by atoms with Gasteiger partial charge in [-0.15, -0.1) is 0 Å². The predicted molar refractivity (Wildman–Crippen MR) is 74.2 cm³/mol. The van der Waals surface area contributed by atoms with E-state index in [9.17, 15) is 23.1 Å². The fraction of sp³-hybridized carbons (Fsp3) is 0.571. The standard InChI is InChI=1S/C14H18F3N3O2/c15-14(16,17)9-2-1-4-13(22,7-9)8-20-10-3-5-19-11(6-10)12(18)21/h3,5-6,9,22H,1-2,4,7-8H2,(H2,18,21)(H,19,20). The zero-order valence-corrected chi connectivity index (χ0v) is 11.9. The van der Waals surface area contributed by atoms with Crippen molar-refractivity contribution in [3.05, 3.63) is 24.0 Å². The Hall–Kier alpha value is -1.83. The van der Waals surface area contributed by atoms with Gasteiger partial charge in [-0.1, -0.05) is 0 Å².